The van der Waals surface area contributed by atoms with Crippen molar-refractivity contribution in [2.45, 2.75) is 25.3 Å². The third kappa shape index (κ3) is 2.89. The Labute approximate surface area is 140 Å². The normalized spacial score (nSPS) is 15.8. The minimum absolute atomic E-state index is 0.192. The molecule has 0 N–H and O–H groups in total. The summed E-state index contributed by atoms with van der Waals surface area (Å²) in [5.74, 6) is 0.627. The summed E-state index contributed by atoms with van der Waals surface area (Å²) in [6.45, 7) is 2.01. The summed E-state index contributed by atoms with van der Waals surface area (Å²) in [5.41, 5.74) is 2.20. The van der Waals surface area contributed by atoms with E-state index in [0.717, 1.165) is 37.1 Å². The van der Waals surface area contributed by atoms with Gasteiger partial charge in [0.2, 0.25) is 5.91 Å². The molecule has 2 aromatic heterocycles. The average Bonchev–Trinajstić information content (AvgIpc) is 3.06. The Balaban J connectivity index is 1.40. The molecule has 0 bridgehead atoms. The smallest absolute Gasteiger partial charge is 0.242 e. The molecule has 3 aromatic rings. The highest BCUT2D eigenvalue weighted by Gasteiger charge is 2.24. The van der Waals surface area contributed by atoms with Gasteiger partial charge in [0.05, 0.1) is 0 Å². The molecule has 5 nitrogen and oxygen atoms in total. The van der Waals surface area contributed by atoms with Crippen LogP contribution in [0, 0.1) is 0 Å². The maximum Gasteiger partial charge on any atom is 0.242 e. The highest BCUT2D eigenvalue weighted by Crippen LogP contribution is 2.26. The highest BCUT2D eigenvalue weighted by molar-refractivity contribution is 5.83. The molecule has 0 radical (unpaired) electrons. The van der Waals surface area contributed by atoms with E-state index in [0.29, 0.717) is 12.5 Å². The van der Waals surface area contributed by atoms with Gasteiger partial charge in [0.15, 0.2) is 0 Å². The van der Waals surface area contributed by atoms with E-state index in [1.807, 2.05) is 33.9 Å². The van der Waals surface area contributed by atoms with E-state index in [-0.39, 0.29) is 5.91 Å². The van der Waals surface area contributed by atoms with Gasteiger partial charge in [-0.3, -0.25) is 4.79 Å². The van der Waals surface area contributed by atoms with Gasteiger partial charge in [0, 0.05) is 42.6 Å². The van der Waals surface area contributed by atoms with Crippen molar-refractivity contribution in [1.82, 2.24) is 19.4 Å². The summed E-state index contributed by atoms with van der Waals surface area (Å²) < 4.78 is 2.04. The molecule has 4 rings (SSSR count). The Morgan fingerprint density at radius 2 is 1.96 bits per heavy atom. The summed E-state index contributed by atoms with van der Waals surface area (Å²) in [6.07, 6.45) is 7.32. The van der Waals surface area contributed by atoms with Gasteiger partial charge in [-0.1, -0.05) is 18.2 Å². The molecular formula is C19H20N4O. The molecule has 1 fully saturated rings. The molecule has 0 unspecified atom stereocenters. The Hall–Kier alpha value is -2.69. The zero-order valence-corrected chi connectivity index (χ0v) is 13.5. The molecule has 1 saturated heterocycles. The molecule has 0 spiro atoms. The second kappa shape index (κ2) is 6.43. The van der Waals surface area contributed by atoms with Crippen molar-refractivity contribution < 1.29 is 4.79 Å². The van der Waals surface area contributed by atoms with Crippen molar-refractivity contribution in [2.75, 3.05) is 13.1 Å². The number of para-hydroxylation sites is 1. The van der Waals surface area contributed by atoms with Gasteiger partial charge in [-0.2, -0.15) is 0 Å². The van der Waals surface area contributed by atoms with Crippen LogP contribution in [0.15, 0.2) is 55.1 Å². The number of likely N-dealkylation sites (tertiary alicyclic amines) is 1. The van der Waals surface area contributed by atoms with Crippen LogP contribution in [-0.4, -0.2) is 38.4 Å². The summed E-state index contributed by atoms with van der Waals surface area (Å²) in [6, 6.07) is 12.2. The molecule has 5 heteroatoms. The van der Waals surface area contributed by atoms with Gasteiger partial charge in [-0.05, 0) is 36.4 Å². The number of amides is 1. The molecular weight excluding hydrogens is 300 g/mol. The van der Waals surface area contributed by atoms with Gasteiger partial charge in [0.25, 0.3) is 0 Å². The van der Waals surface area contributed by atoms with Crippen LogP contribution in [0.5, 0.6) is 0 Å². The topological polar surface area (TPSA) is 51.0 Å². The van der Waals surface area contributed by atoms with Crippen LogP contribution in [0.3, 0.4) is 0 Å². The Morgan fingerprint density at radius 3 is 2.75 bits per heavy atom. The Kier molecular flexibility index (Phi) is 3.99. The number of hydrogen-bond donors (Lipinski definition) is 0. The first-order chi connectivity index (χ1) is 11.8. The van der Waals surface area contributed by atoms with E-state index in [4.69, 9.17) is 0 Å². The average molecular weight is 320 g/mol. The molecule has 0 atom stereocenters. The van der Waals surface area contributed by atoms with Crippen LogP contribution in [-0.2, 0) is 11.3 Å². The zero-order chi connectivity index (χ0) is 16.4. The van der Waals surface area contributed by atoms with Crippen molar-refractivity contribution in [3.63, 3.8) is 0 Å². The Bertz CT molecular complexity index is 835. The molecule has 0 saturated carbocycles. The number of piperidine rings is 1. The lowest BCUT2D eigenvalue weighted by Crippen LogP contribution is -2.39. The summed E-state index contributed by atoms with van der Waals surface area (Å²) in [4.78, 5) is 22.9. The number of carbonyl (C=O) groups is 1. The second-order valence-corrected chi connectivity index (χ2v) is 6.29. The minimum Gasteiger partial charge on any atom is -0.341 e. The molecule has 24 heavy (non-hydrogen) atoms. The van der Waals surface area contributed by atoms with E-state index in [1.54, 1.807) is 12.5 Å². The van der Waals surface area contributed by atoms with Crippen LogP contribution in [0.4, 0.5) is 0 Å². The lowest BCUT2D eigenvalue weighted by atomic mass is 9.93. The van der Waals surface area contributed by atoms with Crippen LogP contribution >= 0.6 is 0 Å². The standard InChI is InChI=1S/C19H20N4O/c24-19(13-23-12-8-16-3-1-2-4-18(16)23)22-10-6-15(7-11-22)17-5-9-20-14-21-17/h1-5,8-9,12,14-15H,6-7,10-11,13H2. The first kappa shape index (κ1) is 14.9. The fourth-order valence-corrected chi connectivity index (χ4v) is 3.49. The van der Waals surface area contributed by atoms with Crippen molar-refractivity contribution in [1.29, 1.82) is 0 Å². The van der Waals surface area contributed by atoms with Gasteiger partial charge < -0.3 is 9.47 Å². The lowest BCUT2D eigenvalue weighted by Gasteiger charge is -2.31. The first-order valence-corrected chi connectivity index (χ1v) is 8.39. The number of rotatable bonds is 3. The molecule has 1 aromatic carbocycles. The summed E-state index contributed by atoms with van der Waals surface area (Å²) >= 11 is 0. The summed E-state index contributed by atoms with van der Waals surface area (Å²) in [7, 11) is 0. The molecule has 0 aliphatic carbocycles. The molecule has 122 valence electrons. The monoisotopic (exact) mass is 320 g/mol. The van der Waals surface area contributed by atoms with Gasteiger partial charge in [-0.25, -0.2) is 9.97 Å². The van der Waals surface area contributed by atoms with E-state index in [1.165, 1.54) is 5.39 Å². The molecule has 1 amide bonds. The number of benzene rings is 1. The van der Waals surface area contributed by atoms with Gasteiger partial charge in [-0.15, -0.1) is 0 Å². The van der Waals surface area contributed by atoms with E-state index in [9.17, 15) is 4.79 Å². The van der Waals surface area contributed by atoms with Crippen molar-refractivity contribution in [3.8, 4) is 0 Å². The van der Waals surface area contributed by atoms with Crippen LogP contribution in [0.25, 0.3) is 10.9 Å². The van der Waals surface area contributed by atoms with E-state index >= 15 is 0 Å². The van der Waals surface area contributed by atoms with Crippen LogP contribution < -0.4 is 0 Å². The second-order valence-electron chi connectivity index (χ2n) is 6.29. The van der Waals surface area contributed by atoms with E-state index in [2.05, 4.69) is 28.2 Å². The maximum atomic E-state index is 12.6. The fourth-order valence-electron chi connectivity index (χ4n) is 3.49. The minimum atomic E-state index is 0.192. The SMILES string of the molecule is O=C(Cn1ccc2ccccc21)N1CCC(c2ccncn2)CC1. The van der Waals surface area contributed by atoms with Crippen molar-refractivity contribution >= 4 is 16.8 Å². The predicted molar refractivity (Wildman–Crippen MR) is 92.5 cm³/mol. The first-order valence-electron chi connectivity index (χ1n) is 8.39. The number of nitrogens with zero attached hydrogens (tertiary/aromatic N) is 4. The maximum absolute atomic E-state index is 12.6. The quantitative estimate of drug-likeness (QED) is 0.745. The fraction of sp³-hybridized carbons (Fsp3) is 0.316. The van der Waals surface area contributed by atoms with Crippen molar-refractivity contribution in [2.24, 2.45) is 0 Å². The van der Waals surface area contributed by atoms with Crippen molar-refractivity contribution in [3.05, 3.63) is 60.8 Å². The largest absolute Gasteiger partial charge is 0.341 e. The Morgan fingerprint density at radius 1 is 1.12 bits per heavy atom. The predicted octanol–water partition coefficient (Wildman–Crippen LogP) is 2.84. The highest BCUT2D eigenvalue weighted by atomic mass is 16.2. The molecule has 1 aliphatic rings. The molecule has 3 heterocycles. The lowest BCUT2D eigenvalue weighted by molar-refractivity contribution is -0.132. The third-order valence-electron chi connectivity index (χ3n) is 4.86. The number of fused-ring (bicyclic) bond motifs is 1. The zero-order valence-electron chi connectivity index (χ0n) is 13.5. The van der Waals surface area contributed by atoms with Gasteiger partial charge in [0.1, 0.15) is 12.9 Å². The van der Waals surface area contributed by atoms with Gasteiger partial charge >= 0.3 is 0 Å². The van der Waals surface area contributed by atoms with E-state index < -0.39 is 0 Å². The summed E-state index contributed by atoms with van der Waals surface area (Å²) in [5, 5.41) is 1.17. The third-order valence-corrected chi connectivity index (χ3v) is 4.86. The van der Waals surface area contributed by atoms with Crippen LogP contribution in [0.1, 0.15) is 24.5 Å². The molecule has 1 aliphatic heterocycles. The number of carbonyl (C=O) groups excluding carboxylic acids is 1. The number of aromatic nitrogens is 3. The number of hydrogen-bond acceptors (Lipinski definition) is 3. The van der Waals surface area contributed by atoms with Crippen LogP contribution in [0.2, 0.25) is 0 Å².